The summed E-state index contributed by atoms with van der Waals surface area (Å²) in [6.07, 6.45) is -1.66. The summed E-state index contributed by atoms with van der Waals surface area (Å²) < 4.78 is 45.4. The van der Waals surface area contributed by atoms with Crippen molar-refractivity contribution >= 4 is 5.97 Å². The van der Waals surface area contributed by atoms with Gasteiger partial charge in [0.2, 0.25) is 6.10 Å². The van der Waals surface area contributed by atoms with Crippen LogP contribution >= 0.6 is 0 Å². The fourth-order valence-electron chi connectivity index (χ4n) is 1.98. The molecule has 2 aromatic rings. The number of rotatable bonds is 4. The molecule has 5 nitrogen and oxygen atoms in total. The Hall–Kier alpha value is -2.38. The van der Waals surface area contributed by atoms with Gasteiger partial charge in [-0.1, -0.05) is 6.92 Å². The lowest BCUT2D eigenvalue weighted by molar-refractivity contribution is -0.207. The van der Waals surface area contributed by atoms with E-state index in [0.717, 1.165) is 6.20 Å². The molecule has 22 heavy (non-hydrogen) atoms. The summed E-state index contributed by atoms with van der Waals surface area (Å²) in [6, 6.07) is 1.35. The second kappa shape index (κ2) is 6.17. The van der Waals surface area contributed by atoms with Gasteiger partial charge in [0, 0.05) is 31.2 Å². The molecule has 1 unspecified atom stereocenters. The molecule has 0 aromatic carbocycles. The number of carbonyl (C=O) groups is 1. The van der Waals surface area contributed by atoms with Crippen LogP contribution in [0.2, 0.25) is 0 Å². The summed E-state index contributed by atoms with van der Waals surface area (Å²) in [7, 11) is 1.48. The van der Waals surface area contributed by atoms with Crippen molar-refractivity contribution in [2.45, 2.75) is 25.6 Å². The molecule has 0 saturated carbocycles. The standard InChI is InChI=1S/C14H14F3N3O2/c1-3-9-6-18-5-4-11(9)13(21)22-12(14(15,16)17)10-7-19-20(2)8-10/h4-8,12H,3H2,1-2H3. The fraction of sp³-hybridized carbons (Fsp3) is 0.357. The van der Waals surface area contributed by atoms with Gasteiger partial charge in [0.1, 0.15) is 0 Å². The van der Waals surface area contributed by atoms with Crippen LogP contribution in [0.5, 0.6) is 0 Å². The van der Waals surface area contributed by atoms with E-state index in [0.29, 0.717) is 12.0 Å². The minimum absolute atomic E-state index is 0.0793. The van der Waals surface area contributed by atoms with Crippen LogP contribution in [0, 0.1) is 0 Å². The van der Waals surface area contributed by atoms with Gasteiger partial charge in [-0.3, -0.25) is 9.67 Å². The molecule has 0 bridgehead atoms. The molecule has 0 amide bonds. The van der Waals surface area contributed by atoms with E-state index in [1.165, 1.54) is 36.4 Å². The number of esters is 1. The first-order valence-corrected chi connectivity index (χ1v) is 6.52. The highest BCUT2D eigenvalue weighted by molar-refractivity contribution is 5.91. The lowest BCUT2D eigenvalue weighted by Gasteiger charge is -2.20. The van der Waals surface area contributed by atoms with E-state index >= 15 is 0 Å². The molecule has 2 aromatic heterocycles. The number of alkyl halides is 3. The zero-order valence-corrected chi connectivity index (χ0v) is 12.0. The molecule has 0 saturated heterocycles. The van der Waals surface area contributed by atoms with Crippen molar-refractivity contribution in [2.75, 3.05) is 0 Å². The smallest absolute Gasteiger partial charge is 0.429 e. The van der Waals surface area contributed by atoms with Gasteiger partial charge in [0.05, 0.1) is 11.8 Å². The molecule has 0 aliphatic carbocycles. The third-order valence-corrected chi connectivity index (χ3v) is 3.05. The van der Waals surface area contributed by atoms with Gasteiger partial charge in [-0.25, -0.2) is 4.79 Å². The summed E-state index contributed by atoms with van der Waals surface area (Å²) in [5, 5.41) is 3.68. The maximum atomic E-state index is 13.1. The Morgan fingerprint density at radius 1 is 1.41 bits per heavy atom. The highest BCUT2D eigenvalue weighted by Crippen LogP contribution is 2.36. The van der Waals surface area contributed by atoms with Crippen LogP contribution in [0.1, 0.15) is 34.5 Å². The van der Waals surface area contributed by atoms with Crippen molar-refractivity contribution in [3.8, 4) is 0 Å². The minimum atomic E-state index is -4.72. The Balaban J connectivity index is 2.29. The van der Waals surface area contributed by atoms with Crippen LogP contribution < -0.4 is 0 Å². The third-order valence-electron chi connectivity index (χ3n) is 3.05. The number of aryl methyl sites for hydroxylation is 2. The average Bonchev–Trinajstić information content (AvgIpc) is 2.89. The van der Waals surface area contributed by atoms with Crippen LogP contribution in [-0.4, -0.2) is 26.9 Å². The van der Waals surface area contributed by atoms with Gasteiger partial charge in [-0.2, -0.15) is 18.3 Å². The number of nitrogens with zero attached hydrogens (tertiary/aromatic N) is 3. The van der Waals surface area contributed by atoms with Crippen LogP contribution in [0.3, 0.4) is 0 Å². The Morgan fingerprint density at radius 3 is 2.68 bits per heavy atom. The second-order valence-electron chi connectivity index (χ2n) is 4.66. The van der Waals surface area contributed by atoms with Gasteiger partial charge in [0.15, 0.2) is 0 Å². The second-order valence-corrected chi connectivity index (χ2v) is 4.66. The number of pyridine rings is 1. The van der Waals surface area contributed by atoms with E-state index in [9.17, 15) is 18.0 Å². The van der Waals surface area contributed by atoms with Gasteiger partial charge in [-0.05, 0) is 18.1 Å². The van der Waals surface area contributed by atoms with E-state index in [4.69, 9.17) is 4.74 Å². The number of halogens is 3. The van der Waals surface area contributed by atoms with Crippen LogP contribution in [0.15, 0.2) is 30.9 Å². The van der Waals surface area contributed by atoms with Crippen LogP contribution in [-0.2, 0) is 18.2 Å². The molecular formula is C14H14F3N3O2. The highest BCUT2D eigenvalue weighted by atomic mass is 19.4. The highest BCUT2D eigenvalue weighted by Gasteiger charge is 2.45. The predicted molar refractivity (Wildman–Crippen MR) is 71.0 cm³/mol. The SMILES string of the molecule is CCc1cnccc1C(=O)OC(c1cnn(C)c1)C(F)(F)F. The third kappa shape index (κ3) is 3.44. The van der Waals surface area contributed by atoms with E-state index in [1.54, 1.807) is 6.92 Å². The van der Waals surface area contributed by atoms with Crippen molar-refractivity contribution in [1.29, 1.82) is 0 Å². The van der Waals surface area contributed by atoms with E-state index in [1.807, 2.05) is 0 Å². The van der Waals surface area contributed by atoms with E-state index < -0.39 is 18.2 Å². The molecule has 1 atom stereocenters. The Labute approximate surface area is 124 Å². The summed E-state index contributed by atoms with van der Waals surface area (Å²) in [6.45, 7) is 1.77. The maximum absolute atomic E-state index is 13.1. The molecule has 2 heterocycles. The zero-order chi connectivity index (χ0) is 16.3. The first-order chi connectivity index (χ1) is 10.3. The summed E-state index contributed by atoms with van der Waals surface area (Å²) >= 11 is 0. The topological polar surface area (TPSA) is 57.0 Å². The van der Waals surface area contributed by atoms with Crippen LogP contribution in [0.25, 0.3) is 0 Å². The summed E-state index contributed by atoms with van der Waals surface area (Å²) in [4.78, 5) is 15.9. The Bertz CT molecular complexity index is 667. The van der Waals surface area contributed by atoms with Gasteiger partial charge >= 0.3 is 12.1 Å². The molecule has 0 aliphatic heterocycles. The maximum Gasteiger partial charge on any atom is 0.429 e. The van der Waals surface area contributed by atoms with Crippen molar-refractivity contribution < 1.29 is 22.7 Å². The first-order valence-electron chi connectivity index (χ1n) is 6.52. The minimum Gasteiger partial charge on any atom is -0.444 e. The van der Waals surface area contributed by atoms with Crippen LogP contribution in [0.4, 0.5) is 13.2 Å². The monoisotopic (exact) mass is 313 g/mol. The van der Waals surface area contributed by atoms with Gasteiger partial charge in [-0.15, -0.1) is 0 Å². The summed E-state index contributed by atoms with van der Waals surface area (Å²) in [5.74, 6) is -1.04. The van der Waals surface area contributed by atoms with Crippen molar-refractivity contribution in [3.05, 3.63) is 47.5 Å². The molecule has 8 heteroatoms. The van der Waals surface area contributed by atoms with Crippen molar-refractivity contribution in [2.24, 2.45) is 7.05 Å². The largest absolute Gasteiger partial charge is 0.444 e. The molecule has 0 radical (unpaired) electrons. The quantitative estimate of drug-likeness (QED) is 0.815. The zero-order valence-electron chi connectivity index (χ0n) is 12.0. The van der Waals surface area contributed by atoms with E-state index in [-0.39, 0.29) is 11.1 Å². The first kappa shape index (κ1) is 16.0. The number of ether oxygens (including phenoxy) is 1. The Morgan fingerprint density at radius 2 is 2.14 bits per heavy atom. The normalized spacial score (nSPS) is 13.0. The molecule has 2 rings (SSSR count). The molecule has 0 N–H and O–H groups in total. The fourth-order valence-corrected chi connectivity index (χ4v) is 1.98. The molecule has 0 fully saturated rings. The lowest BCUT2D eigenvalue weighted by Crippen LogP contribution is -2.26. The van der Waals surface area contributed by atoms with Gasteiger partial charge < -0.3 is 4.74 Å². The Kier molecular flexibility index (Phi) is 4.48. The average molecular weight is 313 g/mol. The number of hydrogen-bond donors (Lipinski definition) is 0. The van der Waals surface area contributed by atoms with Crippen molar-refractivity contribution in [1.82, 2.24) is 14.8 Å². The van der Waals surface area contributed by atoms with Gasteiger partial charge in [0.25, 0.3) is 0 Å². The molecule has 118 valence electrons. The number of carbonyl (C=O) groups excluding carboxylic acids is 1. The molecular weight excluding hydrogens is 299 g/mol. The molecule has 0 aliphatic rings. The van der Waals surface area contributed by atoms with E-state index in [2.05, 4.69) is 10.1 Å². The predicted octanol–water partition coefficient (Wildman–Crippen LogP) is 2.84. The lowest BCUT2D eigenvalue weighted by atomic mass is 10.1. The number of aromatic nitrogens is 3. The number of hydrogen-bond acceptors (Lipinski definition) is 4. The molecule has 0 spiro atoms. The van der Waals surface area contributed by atoms with Crippen molar-refractivity contribution in [3.63, 3.8) is 0 Å². The summed E-state index contributed by atoms with van der Waals surface area (Å²) in [5.41, 5.74) is 0.380.